The van der Waals surface area contributed by atoms with Crippen molar-refractivity contribution in [3.63, 3.8) is 0 Å². The first kappa shape index (κ1) is 14.1. The number of hydrogen-bond acceptors (Lipinski definition) is 7. The van der Waals surface area contributed by atoms with Crippen molar-refractivity contribution in [2.45, 2.75) is 0 Å². The molecular weight excluding hydrogens is 280 g/mol. The lowest BCUT2D eigenvalue weighted by atomic mass is 10.2. The summed E-state index contributed by atoms with van der Waals surface area (Å²) >= 11 is 0. The third-order valence-electron chi connectivity index (χ3n) is 2.65. The van der Waals surface area contributed by atoms with Crippen LogP contribution in [0.15, 0.2) is 36.4 Å². The average molecular weight is 290 g/mol. The van der Waals surface area contributed by atoms with Crippen molar-refractivity contribution >= 4 is 22.7 Å². The number of nitro groups is 2. The number of anilines is 2. The lowest BCUT2D eigenvalue weighted by molar-refractivity contribution is -0.422. The Labute approximate surface area is 118 Å². The van der Waals surface area contributed by atoms with E-state index in [0.717, 1.165) is 6.07 Å². The summed E-state index contributed by atoms with van der Waals surface area (Å²) < 4.78 is 5.32. The minimum atomic E-state index is -0.957. The second kappa shape index (κ2) is 5.33. The summed E-state index contributed by atoms with van der Waals surface area (Å²) in [6.45, 7) is 0. The van der Waals surface area contributed by atoms with Gasteiger partial charge in [-0.2, -0.15) is 0 Å². The standard InChI is InChI=1S/C12H10N4O5/c13-8-6-9(21-7-4-2-1-3-5-7)11(15(17)18)12(10(8)14)16(19)20/h1-6H,13-14H2. The summed E-state index contributed by atoms with van der Waals surface area (Å²) in [5.41, 5.74) is 8.65. The maximum atomic E-state index is 11.1. The van der Waals surface area contributed by atoms with E-state index >= 15 is 0 Å². The maximum Gasteiger partial charge on any atom is 0.390 e. The van der Waals surface area contributed by atoms with Gasteiger partial charge in [-0.3, -0.25) is 20.2 Å². The molecule has 4 N–H and O–H groups in total. The van der Waals surface area contributed by atoms with Gasteiger partial charge in [-0.05, 0) is 12.1 Å². The number of nitro benzene ring substituents is 2. The van der Waals surface area contributed by atoms with Crippen LogP contribution in [0.5, 0.6) is 11.5 Å². The topological polar surface area (TPSA) is 148 Å². The SMILES string of the molecule is Nc1cc(Oc2ccccc2)c([N+](=O)[O-])c([N+](=O)[O-])c1N. The van der Waals surface area contributed by atoms with Crippen LogP contribution >= 0.6 is 0 Å². The first-order valence-electron chi connectivity index (χ1n) is 5.65. The molecular formula is C12H10N4O5. The van der Waals surface area contributed by atoms with E-state index in [2.05, 4.69) is 0 Å². The average Bonchev–Trinajstić information content (AvgIpc) is 2.42. The number of benzene rings is 2. The van der Waals surface area contributed by atoms with E-state index in [1.807, 2.05) is 0 Å². The van der Waals surface area contributed by atoms with Crippen molar-refractivity contribution in [2.24, 2.45) is 0 Å². The first-order valence-corrected chi connectivity index (χ1v) is 5.65. The predicted octanol–water partition coefficient (Wildman–Crippen LogP) is 2.46. The lowest BCUT2D eigenvalue weighted by Gasteiger charge is -2.09. The molecule has 21 heavy (non-hydrogen) atoms. The molecule has 2 aromatic rings. The molecule has 0 fully saturated rings. The van der Waals surface area contributed by atoms with Gasteiger partial charge in [-0.25, -0.2) is 0 Å². The van der Waals surface area contributed by atoms with Crippen molar-refractivity contribution in [3.05, 3.63) is 56.6 Å². The predicted molar refractivity (Wildman–Crippen MR) is 75.1 cm³/mol. The van der Waals surface area contributed by atoms with Crippen molar-refractivity contribution in [1.29, 1.82) is 0 Å². The molecule has 2 aromatic carbocycles. The number of para-hydroxylation sites is 1. The Hall–Kier alpha value is -3.36. The third-order valence-corrected chi connectivity index (χ3v) is 2.65. The summed E-state index contributed by atoms with van der Waals surface area (Å²) in [6.07, 6.45) is 0. The molecule has 9 heteroatoms. The van der Waals surface area contributed by atoms with Crippen LogP contribution in [-0.4, -0.2) is 9.85 Å². The van der Waals surface area contributed by atoms with Crippen LogP contribution in [-0.2, 0) is 0 Å². The monoisotopic (exact) mass is 290 g/mol. The fourth-order valence-corrected chi connectivity index (χ4v) is 1.72. The fourth-order valence-electron chi connectivity index (χ4n) is 1.72. The van der Waals surface area contributed by atoms with E-state index in [9.17, 15) is 20.2 Å². The Bertz CT molecular complexity index is 717. The van der Waals surface area contributed by atoms with Crippen LogP contribution in [0.4, 0.5) is 22.7 Å². The summed E-state index contributed by atoms with van der Waals surface area (Å²) in [5.74, 6) is -0.0660. The zero-order valence-corrected chi connectivity index (χ0v) is 10.6. The molecule has 2 rings (SSSR count). The van der Waals surface area contributed by atoms with Crippen molar-refractivity contribution in [2.75, 3.05) is 11.5 Å². The summed E-state index contributed by atoms with van der Waals surface area (Å²) in [6, 6.07) is 9.20. The molecule has 0 saturated carbocycles. The van der Waals surface area contributed by atoms with Crippen LogP contribution in [0.2, 0.25) is 0 Å². The van der Waals surface area contributed by atoms with E-state index in [1.54, 1.807) is 30.3 Å². The molecule has 0 aliphatic carbocycles. The Morgan fingerprint density at radius 3 is 2.05 bits per heavy atom. The molecule has 0 bridgehead atoms. The highest BCUT2D eigenvalue weighted by Gasteiger charge is 2.35. The Balaban J connectivity index is 2.65. The highest BCUT2D eigenvalue weighted by atomic mass is 16.6. The second-order valence-corrected chi connectivity index (χ2v) is 4.00. The zero-order chi connectivity index (χ0) is 15.6. The molecule has 0 aliphatic rings. The molecule has 0 saturated heterocycles. The van der Waals surface area contributed by atoms with Gasteiger partial charge >= 0.3 is 11.4 Å². The Kier molecular flexibility index (Phi) is 3.57. The van der Waals surface area contributed by atoms with Gasteiger partial charge in [0.1, 0.15) is 11.4 Å². The van der Waals surface area contributed by atoms with Gasteiger partial charge in [-0.1, -0.05) is 18.2 Å². The van der Waals surface area contributed by atoms with Crippen LogP contribution in [0, 0.1) is 20.2 Å². The maximum absolute atomic E-state index is 11.1. The normalized spacial score (nSPS) is 10.1. The van der Waals surface area contributed by atoms with E-state index in [-0.39, 0.29) is 17.2 Å². The highest BCUT2D eigenvalue weighted by Crippen LogP contribution is 2.45. The largest absolute Gasteiger partial charge is 0.450 e. The molecule has 0 amide bonds. The number of rotatable bonds is 4. The van der Waals surface area contributed by atoms with Crippen LogP contribution < -0.4 is 16.2 Å². The van der Waals surface area contributed by atoms with Crippen molar-refractivity contribution in [1.82, 2.24) is 0 Å². The molecule has 0 atom stereocenters. The number of ether oxygens (including phenoxy) is 1. The summed E-state index contributed by atoms with van der Waals surface area (Å²) in [5, 5.41) is 22.1. The first-order chi connectivity index (χ1) is 9.91. The fraction of sp³-hybridized carbons (Fsp3) is 0. The molecule has 9 nitrogen and oxygen atoms in total. The number of nitrogens with zero attached hydrogens (tertiary/aromatic N) is 2. The van der Waals surface area contributed by atoms with Gasteiger partial charge in [0, 0.05) is 6.07 Å². The van der Waals surface area contributed by atoms with Gasteiger partial charge in [-0.15, -0.1) is 0 Å². The Morgan fingerprint density at radius 1 is 0.952 bits per heavy atom. The van der Waals surface area contributed by atoms with Crippen LogP contribution in [0.25, 0.3) is 0 Å². The van der Waals surface area contributed by atoms with E-state index in [4.69, 9.17) is 16.2 Å². The Morgan fingerprint density at radius 2 is 1.52 bits per heavy atom. The summed E-state index contributed by atoms with van der Waals surface area (Å²) in [4.78, 5) is 20.3. The van der Waals surface area contributed by atoms with Crippen molar-refractivity contribution < 1.29 is 14.6 Å². The molecule has 0 unspecified atom stereocenters. The molecule has 0 aliphatic heterocycles. The van der Waals surface area contributed by atoms with Gasteiger partial charge in [0.25, 0.3) is 0 Å². The second-order valence-electron chi connectivity index (χ2n) is 4.00. The van der Waals surface area contributed by atoms with E-state index in [0.29, 0.717) is 0 Å². The minimum absolute atomic E-state index is 0.168. The smallest absolute Gasteiger partial charge is 0.390 e. The quantitative estimate of drug-likeness (QED) is 0.499. The molecule has 108 valence electrons. The van der Waals surface area contributed by atoms with Gasteiger partial charge in [0.05, 0.1) is 15.5 Å². The van der Waals surface area contributed by atoms with Crippen LogP contribution in [0.1, 0.15) is 0 Å². The molecule has 0 aromatic heterocycles. The van der Waals surface area contributed by atoms with E-state index in [1.165, 1.54) is 0 Å². The van der Waals surface area contributed by atoms with Crippen LogP contribution in [0.3, 0.4) is 0 Å². The number of hydrogen-bond donors (Lipinski definition) is 2. The van der Waals surface area contributed by atoms with Crippen molar-refractivity contribution in [3.8, 4) is 11.5 Å². The number of nitrogens with two attached hydrogens (primary N) is 2. The lowest BCUT2D eigenvalue weighted by Crippen LogP contribution is -2.06. The highest BCUT2D eigenvalue weighted by molar-refractivity contribution is 5.85. The number of nitrogen functional groups attached to an aromatic ring is 2. The van der Waals surface area contributed by atoms with Gasteiger partial charge in [0.15, 0.2) is 0 Å². The summed E-state index contributed by atoms with van der Waals surface area (Å²) in [7, 11) is 0. The minimum Gasteiger partial charge on any atom is -0.450 e. The van der Waals surface area contributed by atoms with E-state index < -0.39 is 26.9 Å². The molecule has 0 radical (unpaired) electrons. The third kappa shape index (κ3) is 2.66. The van der Waals surface area contributed by atoms with Gasteiger partial charge < -0.3 is 16.2 Å². The zero-order valence-electron chi connectivity index (χ0n) is 10.6. The molecule has 0 spiro atoms. The van der Waals surface area contributed by atoms with Gasteiger partial charge in [0.2, 0.25) is 5.75 Å². The molecule has 0 heterocycles.